The molecule has 1 rings (SSSR count). The number of ether oxygens (including phenoxy) is 1. The maximum absolute atomic E-state index is 9.18. The summed E-state index contributed by atoms with van der Waals surface area (Å²) in [6.45, 7) is 8.57. The Morgan fingerprint density at radius 3 is 2.81 bits per heavy atom. The van der Waals surface area contributed by atoms with E-state index in [0.717, 1.165) is 19.6 Å². The lowest BCUT2D eigenvalue weighted by atomic mass is 10.0. The molecule has 0 aromatic heterocycles. The van der Waals surface area contributed by atoms with Crippen LogP contribution in [0.4, 0.5) is 0 Å². The second-order valence-electron chi connectivity index (χ2n) is 5.18. The van der Waals surface area contributed by atoms with Gasteiger partial charge in [-0.1, -0.05) is 19.1 Å². The predicted octanol–water partition coefficient (Wildman–Crippen LogP) is 0.380. The van der Waals surface area contributed by atoms with E-state index in [0.29, 0.717) is 4.99 Å². The van der Waals surface area contributed by atoms with Crippen molar-refractivity contribution in [1.82, 2.24) is 4.90 Å². The summed E-state index contributed by atoms with van der Waals surface area (Å²) in [6.07, 6.45) is -0.109. The maximum atomic E-state index is 9.18. The van der Waals surface area contributed by atoms with Gasteiger partial charge in [0.05, 0.1) is 23.3 Å². The molecule has 3 N–H and O–H groups in total. The number of hydrogen-bond donors (Lipinski definition) is 2. The molecule has 0 spiro atoms. The van der Waals surface area contributed by atoms with Crippen LogP contribution in [-0.2, 0) is 4.74 Å². The van der Waals surface area contributed by atoms with Crippen LogP contribution in [0.2, 0.25) is 0 Å². The molecule has 1 aliphatic heterocycles. The maximum Gasteiger partial charge on any atom is 0.0940 e. The molecular formula is C11H22N2O2S. The van der Waals surface area contributed by atoms with Gasteiger partial charge in [0.15, 0.2) is 0 Å². The zero-order chi connectivity index (χ0) is 12.3. The fraction of sp³-hybridized carbons (Fsp3) is 0.909. The zero-order valence-corrected chi connectivity index (χ0v) is 11.1. The number of aliphatic hydroxyl groups excluding tert-OH is 1. The summed E-state index contributed by atoms with van der Waals surface area (Å²) in [5.74, 6) is 0.197. The minimum absolute atomic E-state index is 0.0569. The second-order valence-corrected chi connectivity index (χ2v) is 5.65. The lowest BCUT2D eigenvalue weighted by Gasteiger charge is -2.43. The summed E-state index contributed by atoms with van der Waals surface area (Å²) in [5.41, 5.74) is 5.39. The number of aliphatic hydroxyl groups is 1. The van der Waals surface area contributed by atoms with Gasteiger partial charge in [-0.05, 0) is 13.8 Å². The first-order valence-electron chi connectivity index (χ1n) is 5.64. The molecule has 0 aromatic carbocycles. The molecule has 2 atom stereocenters. The smallest absolute Gasteiger partial charge is 0.0940 e. The molecule has 16 heavy (non-hydrogen) atoms. The number of morpholine rings is 1. The van der Waals surface area contributed by atoms with Crippen molar-refractivity contribution in [2.75, 3.05) is 26.2 Å². The van der Waals surface area contributed by atoms with Gasteiger partial charge in [0, 0.05) is 25.6 Å². The topological polar surface area (TPSA) is 58.7 Å². The normalized spacial score (nSPS) is 27.6. The molecule has 0 radical (unpaired) electrons. The van der Waals surface area contributed by atoms with Crippen LogP contribution in [0.25, 0.3) is 0 Å². The SMILES string of the molecule is CC(CN1CC(CO)OC(C)(C)C1)C(N)=S. The lowest BCUT2D eigenvalue weighted by molar-refractivity contribution is -0.149. The Hall–Kier alpha value is -0.230. The van der Waals surface area contributed by atoms with Gasteiger partial charge in [-0.25, -0.2) is 0 Å². The molecule has 0 aliphatic carbocycles. The fourth-order valence-corrected chi connectivity index (χ4v) is 2.20. The third-order valence-corrected chi connectivity index (χ3v) is 3.18. The minimum atomic E-state index is -0.221. The molecule has 5 heteroatoms. The van der Waals surface area contributed by atoms with Crippen LogP contribution < -0.4 is 5.73 Å². The van der Waals surface area contributed by atoms with Gasteiger partial charge in [-0.2, -0.15) is 0 Å². The highest BCUT2D eigenvalue weighted by Crippen LogP contribution is 2.21. The van der Waals surface area contributed by atoms with E-state index in [1.807, 2.05) is 20.8 Å². The van der Waals surface area contributed by atoms with Gasteiger partial charge in [0.25, 0.3) is 0 Å². The van der Waals surface area contributed by atoms with Crippen LogP contribution >= 0.6 is 12.2 Å². The third kappa shape index (κ3) is 3.97. The van der Waals surface area contributed by atoms with Gasteiger partial charge in [0.2, 0.25) is 0 Å². The molecular weight excluding hydrogens is 224 g/mol. The third-order valence-electron chi connectivity index (χ3n) is 2.77. The summed E-state index contributed by atoms with van der Waals surface area (Å²) in [4.78, 5) is 2.80. The van der Waals surface area contributed by atoms with Crippen molar-refractivity contribution in [3.05, 3.63) is 0 Å². The second kappa shape index (κ2) is 5.40. The van der Waals surface area contributed by atoms with E-state index in [2.05, 4.69) is 4.90 Å². The molecule has 1 aliphatic rings. The lowest BCUT2D eigenvalue weighted by Crippen LogP contribution is -2.55. The molecule has 2 unspecified atom stereocenters. The van der Waals surface area contributed by atoms with E-state index in [4.69, 9.17) is 22.7 Å². The average Bonchev–Trinajstić information content (AvgIpc) is 2.14. The number of rotatable bonds is 4. The van der Waals surface area contributed by atoms with Gasteiger partial charge < -0.3 is 15.6 Å². The molecule has 0 bridgehead atoms. The van der Waals surface area contributed by atoms with E-state index < -0.39 is 0 Å². The standard InChI is InChI=1S/C11H22N2O2S/c1-8(10(12)16)4-13-5-9(6-14)15-11(2,3)7-13/h8-9,14H,4-7H2,1-3H3,(H2,12,16). The van der Waals surface area contributed by atoms with Crippen molar-refractivity contribution in [2.24, 2.45) is 11.7 Å². The largest absolute Gasteiger partial charge is 0.394 e. The van der Waals surface area contributed by atoms with Crippen LogP contribution in [0.15, 0.2) is 0 Å². The van der Waals surface area contributed by atoms with Crippen LogP contribution in [-0.4, -0.2) is 52.9 Å². The summed E-state index contributed by atoms with van der Waals surface area (Å²) in [5, 5.41) is 9.18. The molecule has 4 nitrogen and oxygen atoms in total. The highest BCUT2D eigenvalue weighted by Gasteiger charge is 2.33. The van der Waals surface area contributed by atoms with E-state index in [-0.39, 0.29) is 24.2 Å². The first kappa shape index (κ1) is 13.8. The van der Waals surface area contributed by atoms with E-state index in [1.165, 1.54) is 0 Å². The molecule has 94 valence electrons. The average molecular weight is 246 g/mol. The van der Waals surface area contributed by atoms with Crippen molar-refractivity contribution in [3.63, 3.8) is 0 Å². The van der Waals surface area contributed by atoms with Gasteiger partial charge >= 0.3 is 0 Å². The van der Waals surface area contributed by atoms with E-state index in [9.17, 15) is 5.11 Å². The molecule has 1 heterocycles. The number of nitrogens with two attached hydrogens (primary N) is 1. The molecule has 1 saturated heterocycles. The summed E-state index contributed by atoms with van der Waals surface area (Å²) in [7, 11) is 0. The van der Waals surface area contributed by atoms with Crippen LogP contribution in [0.1, 0.15) is 20.8 Å². The number of nitrogens with zero attached hydrogens (tertiary/aromatic N) is 1. The Balaban J connectivity index is 2.56. The van der Waals surface area contributed by atoms with Crippen molar-refractivity contribution in [3.8, 4) is 0 Å². The van der Waals surface area contributed by atoms with Gasteiger partial charge in [-0.15, -0.1) is 0 Å². The molecule has 0 saturated carbocycles. The Morgan fingerprint density at radius 2 is 2.31 bits per heavy atom. The number of hydrogen-bond acceptors (Lipinski definition) is 4. The number of thiocarbonyl (C=S) groups is 1. The summed E-state index contributed by atoms with van der Waals surface area (Å²) < 4.78 is 5.74. The predicted molar refractivity (Wildman–Crippen MR) is 68.4 cm³/mol. The van der Waals surface area contributed by atoms with Crippen LogP contribution in [0.5, 0.6) is 0 Å². The van der Waals surface area contributed by atoms with E-state index >= 15 is 0 Å². The monoisotopic (exact) mass is 246 g/mol. The van der Waals surface area contributed by atoms with Gasteiger partial charge in [0.1, 0.15) is 0 Å². The molecule has 1 fully saturated rings. The van der Waals surface area contributed by atoms with Crippen molar-refractivity contribution < 1.29 is 9.84 Å². The molecule has 0 aromatic rings. The first-order valence-corrected chi connectivity index (χ1v) is 6.05. The first-order chi connectivity index (χ1) is 7.34. The quantitative estimate of drug-likeness (QED) is 0.702. The van der Waals surface area contributed by atoms with Crippen LogP contribution in [0, 0.1) is 5.92 Å². The highest BCUT2D eigenvalue weighted by molar-refractivity contribution is 7.80. The van der Waals surface area contributed by atoms with Crippen molar-refractivity contribution in [2.45, 2.75) is 32.5 Å². The highest BCUT2D eigenvalue weighted by atomic mass is 32.1. The van der Waals surface area contributed by atoms with Crippen molar-refractivity contribution >= 4 is 17.2 Å². The Bertz CT molecular complexity index is 258. The Kier molecular flexibility index (Phi) is 4.67. The Morgan fingerprint density at radius 1 is 1.69 bits per heavy atom. The minimum Gasteiger partial charge on any atom is -0.394 e. The zero-order valence-electron chi connectivity index (χ0n) is 10.3. The van der Waals surface area contributed by atoms with Crippen molar-refractivity contribution in [1.29, 1.82) is 0 Å². The van der Waals surface area contributed by atoms with E-state index in [1.54, 1.807) is 0 Å². The summed E-state index contributed by atoms with van der Waals surface area (Å²) in [6, 6.07) is 0. The van der Waals surface area contributed by atoms with Crippen LogP contribution in [0.3, 0.4) is 0 Å². The fourth-order valence-electron chi connectivity index (χ4n) is 2.13. The molecule has 0 amide bonds. The van der Waals surface area contributed by atoms with Gasteiger partial charge in [-0.3, -0.25) is 4.90 Å². The Labute approximate surface area is 103 Å². The summed E-state index contributed by atoms with van der Waals surface area (Å²) >= 11 is 4.97.